The van der Waals surface area contributed by atoms with Crippen LogP contribution in [0.1, 0.15) is 36.8 Å². The number of aryl methyl sites for hydroxylation is 1. The maximum atomic E-state index is 14.2. The minimum absolute atomic E-state index is 0.145. The van der Waals surface area contributed by atoms with Crippen LogP contribution in [0.2, 0.25) is 5.02 Å². The Morgan fingerprint density at radius 3 is 2.79 bits per heavy atom. The largest absolute Gasteiger partial charge is 0.276 e. The second-order valence-electron chi connectivity index (χ2n) is 6.03. The minimum Gasteiger partial charge on any atom is -0.267 e. The molecule has 148 valence electrons. The van der Waals surface area contributed by atoms with Crippen LogP contribution in [0.15, 0.2) is 46.3 Å². The molecule has 0 saturated carbocycles. The first-order valence-electron chi connectivity index (χ1n) is 8.34. The highest BCUT2D eigenvalue weighted by Crippen LogP contribution is 2.24. The summed E-state index contributed by atoms with van der Waals surface area (Å²) in [6, 6.07) is 1.36. The lowest BCUT2D eigenvalue weighted by Crippen LogP contribution is -2.24. The Kier molecular flexibility index (Phi) is 7.60. The van der Waals surface area contributed by atoms with Gasteiger partial charge in [0, 0.05) is 18.3 Å². The molecule has 0 aromatic carbocycles. The third-order valence-corrected chi connectivity index (χ3v) is 4.44. The maximum Gasteiger partial charge on any atom is 0.276 e. The normalized spacial score (nSPS) is 14.0. The molecule has 1 atom stereocenters. The van der Waals surface area contributed by atoms with Crippen molar-refractivity contribution in [1.29, 1.82) is 0 Å². The molecule has 28 heavy (non-hydrogen) atoms. The second-order valence-corrected chi connectivity index (χ2v) is 6.77. The summed E-state index contributed by atoms with van der Waals surface area (Å²) in [6.45, 7) is 5.05. The molecule has 0 aliphatic carbocycles. The van der Waals surface area contributed by atoms with E-state index in [2.05, 4.69) is 15.0 Å². The number of hydrogen-bond acceptors (Lipinski definition) is 4. The fourth-order valence-electron chi connectivity index (χ4n) is 2.50. The Hall–Kier alpha value is -2.38. The fraction of sp³-hybridized carbons (Fsp3) is 0.263. The van der Waals surface area contributed by atoms with Crippen molar-refractivity contribution in [1.82, 2.24) is 14.5 Å². The Morgan fingerprint density at radius 1 is 1.43 bits per heavy atom. The van der Waals surface area contributed by atoms with Crippen molar-refractivity contribution >= 4 is 34.6 Å². The summed E-state index contributed by atoms with van der Waals surface area (Å²) in [5.74, 6) is -1.42. The first-order valence-corrected chi connectivity index (χ1v) is 9.10. The van der Waals surface area contributed by atoms with E-state index in [1.54, 1.807) is 26.8 Å². The van der Waals surface area contributed by atoms with Gasteiger partial charge in [-0.05, 0) is 31.9 Å². The SMILES string of the molecule is C/C=C/N=C(Cl)/C(F)=C/n1c(C)nc(C(C)Cc2cncc(F)c2)c(Cl)c1=O. The molecule has 0 bridgehead atoms. The van der Waals surface area contributed by atoms with Gasteiger partial charge in [0.25, 0.3) is 5.56 Å². The molecule has 0 spiro atoms. The van der Waals surface area contributed by atoms with E-state index >= 15 is 0 Å². The van der Waals surface area contributed by atoms with E-state index in [1.807, 2.05) is 0 Å². The summed E-state index contributed by atoms with van der Waals surface area (Å²) in [7, 11) is 0. The van der Waals surface area contributed by atoms with Crippen LogP contribution in [0.5, 0.6) is 0 Å². The van der Waals surface area contributed by atoms with Crippen LogP contribution in [-0.2, 0) is 6.42 Å². The molecule has 0 radical (unpaired) electrons. The lowest BCUT2D eigenvalue weighted by atomic mass is 9.99. The minimum atomic E-state index is -0.908. The highest BCUT2D eigenvalue weighted by atomic mass is 35.5. The number of allylic oxidation sites excluding steroid dienone is 2. The predicted octanol–water partition coefficient (Wildman–Crippen LogP) is 5.02. The van der Waals surface area contributed by atoms with E-state index in [-0.39, 0.29) is 16.8 Å². The van der Waals surface area contributed by atoms with Crippen molar-refractivity contribution in [2.45, 2.75) is 33.1 Å². The number of halogens is 4. The lowest BCUT2D eigenvalue weighted by Gasteiger charge is -2.15. The number of aliphatic imine (C=N–C) groups is 1. The Morgan fingerprint density at radius 2 is 2.14 bits per heavy atom. The van der Waals surface area contributed by atoms with Crippen molar-refractivity contribution in [3.8, 4) is 0 Å². The van der Waals surface area contributed by atoms with Crippen LogP contribution in [-0.4, -0.2) is 19.7 Å². The van der Waals surface area contributed by atoms with Gasteiger partial charge in [0.1, 0.15) is 16.7 Å². The van der Waals surface area contributed by atoms with Crippen LogP contribution in [0.4, 0.5) is 8.78 Å². The molecule has 0 aliphatic heterocycles. The summed E-state index contributed by atoms with van der Waals surface area (Å²) >= 11 is 11.9. The van der Waals surface area contributed by atoms with E-state index in [0.29, 0.717) is 17.7 Å². The molecule has 0 N–H and O–H groups in total. The van der Waals surface area contributed by atoms with E-state index in [0.717, 1.165) is 17.0 Å². The summed E-state index contributed by atoms with van der Waals surface area (Å²) in [5, 5.41) is -0.551. The molecular formula is C19H18Cl2F2N4O. The monoisotopic (exact) mass is 426 g/mol. The van der Waals surface area contributed by atoms with Gasteiger partial charge in [0.05, 0.1) is 18.1 Å². The molecule has 2 heterocycles. The summed E-state index contributed by atoms with van der Waals surface area (Å²) in [4.78, 5) is 24.4. The van der Waals surface area contributed by atoms with Crippen molar-refractivity contribution in [2.24, 2.45) is 4.99 Å². The molecule has 1 unspecified atom stereocenters. The van der Waals surface area contributed by atoms with Crippen LogP contribution >= 0.6 is 23.2 Å². The number of pyridine rings is 1. The Labute approximate surface area is 171 Å². The van der Waals surface area contributed by atoms with Gasteiger partial charge >= 0.3 is 0 Å². The number of aromatic nitrogens is 3. The average molecular weight is 427 g/mol. The molecule has 9 heteroatoms. The topological polar surface area (TPSA) is 60.1 Å². The van der Waals surface area contributed by atoms with Crippen molar-refractivity contribution in [2.75, 3.05) is 0 Å². The van der Waals surface area contributed by atoms with Crippen LogP contribution in [0.25, 0.3) is 6.20 Å². The van der Waals surface area contributed by atoms with Gasteiger partial charge < -0.3 is 0 Å². The van der Waals surface area contributed by atoms with Crippen molar-refractivity contribution in [3.05, 3.63) is 74.8 Å². The third kappa shape index (κ3) is 5.33. The first-order chi connectivity index (χ1) is 13.2. The first kappa shape index (κ1) is 21.9. The zero-order valence-electron chi connectivity index (χ0n) is 15.5. The Bertz CT molecular complexity index is 1020. The summed E-state index contributed by atoms with van der Waals surface area (Å²) < 4.78 is 28.5. The highest BCUT2D eigenvalue weighted by Gasteiger charge is 2.19. The molecule has 0 saturated heterocycles. The molecule has 5 nitrogen and oxygen atoms in total. The van der Waals surface area contributed by atoms with Gasteiger partial charge in [-0.1, -0.05) is 36.2 Å². The molecule has 2 rings (SSSR count). The summed E-state index contributed by atoms with van der Waals surface area (Å²) in [5.41, 5.74) is 0.344. The fourth-order valence-corrected chi connectivity index (χ4v) is 2.93. The number of nitrogens with zero attached hydrogens (tertiary/aromatic N) is 4. The van der Waals surface area contributed by atoms with Gasteiger partial charge in [-0.15, -0.1) is 0 Å². The molecule has 2 aromatic heterocycles. The second kappa shape index (κ2) is 9.71. The van der Waals surface area contributed by atoms with E-state index < -0.39 is 22.4 Å². The quantitative estimate of drug-likeness (QED) is 0.608. The van der Waals surface area contributed by atoms with Crippen LogP contribution in [0, 0.1) is 12.7 Å². The molecular weight excluding hydrogens is 409 g/mol. The van der Waals surface area contributed by atoms with Crippen LogP contribution in [0.3, 0.4) is 0 Å². The van der Waals surface area contributed by atoms with E-state index in [1.165, 1.54) is 18.5 Å². The van der Waals surface area contributed by atoms with Gasteiger partial charge in [-0.3, -0.25) is 14.3 Å². The maximum absolute atomic E-state index is 14.2. The molecule has 0 aliphatic rings. The molecule has 0 amide bonds. The zero-order chi connectivity index (χ0) is 20.8. The molecule has 2 aromatic rings. The smallest absolute Gasteiger partial charge is 0.267 e. The van der Waals surface area contributed by atoms with Gasteiger partial charge in [0.2, 0.25) is 0 Å². The third-order valence-electron chi connectivity index (χ3n) is 3.81. The van der Waals surface area contributed by atoms with Crippen molar-refractivity contribution < 1.29 is 8.78 Å². The van der Waals surface area contributed by atoms with Gasteiger partial charge in [-0.25, -0.2) is 18.8 Å². The predicted molar refractivity (Wildman–Crippen MR) is 108 cm³/mol. The van der Waals surface area contributed by atoms with E-state index in [4.69, 9.17) is 23.2 Å². The number of rotatable bonds is 6. The van der Waals surface area contributed by atoms with Crippen molar-refractivity contribution in [3.63, 3.8) is 0 Å². The average Bonchev–Trinajstić information content (AvgIpc) is 2.65. The zero-order valence-corrected chi connectivity index (χ0v) is 17.0. The van der Waals surface area contributed by atoms with Gasteiger partial charge in [-0.2, -0.15) is 0 Å². The van der Waals surface area contributed by atoms with Crippen LogP contribution < -0.4 is 5.56 Å². The molecule has 0 fully saturated rings. The lowest BCUT2D eigenvalue weighted by molar-refractivity contribution is 0.614. The van der Waals surface area contributed by atoms with E-state index in [9.17, 15) is 13.6 Å². The summed E-state index contributed by atoms with van der Waals surface area (Å²) in [6.07, 6.45) is 6.81. The number of hydrogen-bond donors (Lipinski definition) is 0. The van der Waals surface area contributed by atoms with Gasteiger partial charge in [0.15, 0.2) is 11.0 Å². The Balaban J connectivity index is 2.40. The standard InChI is InChI=1S/C19H18Cl2F2N4O/c1-4-5-25-18(21)15(23)10-27-12(3)26-17(16(20)19(27)28)11(2)6-13-7-14(22)9-24-8-13/h4-5,7-11H,6H2,1-3H3/b5-4+,15-10-,25-18-. The highest BCUT2D eigenvalue weighted by molar-refractivity contribution is 6.69.